The molecule has 0 aliphatic heterocycles. The first kappa shape index (κ1) is 8.46. The lowest BCUT2D eigenvalue weighted by Gasteiger charge is -2.05. The highest BCUT2D eigenvalue weighted by atomic mass is 14.6. The quantitative estimate of drug-likeness (QED) is 0.483. The molecule has 0 spiro atoms. The van der Waals surface area contributed by atoms with E-state index < -0.39 is 0 Å². The van der Waals surface area contributed by atoms with Crippen molar-refractivity contribution in [2.24, 2.45) is 0 Å². The molecule has 2 nitrogen and oxygen atoms in total. The van der Waals surface area contributed by atoms with Gasteiger partial charge in [0.05, 0.1) is 0 Å². The summed E-state index contributed by atoms with van der Waals surface area (Å²) in [5.74, 6) is 2.61. The van der Waals surface area contributed by atoms with Crippen LogP contribution >= 0.6 is 0 Å². The van der Waals surface area contributed by atoms with Crippen molar-refractivity contribution in [1.82, 2.24) is 0 Å². The van der Waals surface area contributed by atoms with E-state index in [1.54, 1.807) is 6.07 Å². The van der Waals surface area contributed by atoms with Crippen LogP contribution in [0.1, 0.15) is 5.56 Å². The summed E-state index contributed by atoms with van der Waals surface area (Å²) in [6.45, 7) is 0. The number of nitrogen functional groups attached to an aromatic ring is 2. The van der Waals surface area contributed by atoms with E-state index >= 15 is 0 Å². The van der Waals surface area contributed by atoms with E-state index in [0.29, 0.717) is 11.4 Å². The Kier molecular flexibility index (Phi) is 1.79. The van der Waals surface area contributed by atoms with E-state index in [9.17, 15) is 0 Å². The van der Waals surface area contributed by atoms with Gasteiger partial charge in [0.25, 0.3) is 0 Å². The Hall–Kier alpha value is -2.14. The second-order valence-corrected chi connectivity index (χ2v) is 3.16. The van der Waals surface area contributed by atoms with Crippen molar-refractivity contribution in [3.8, 4) is 12.3 Å². The van der Waals surface area contributed by atoms with Gasteiger partial charge in [0.2, 0.25) is 0 Å². The maximum atomic E-state index is 5.86. The molecule has 0 heterocycles. The molecular formula is C12H10N2. The largest absolute Gasteiger partial charge is 0.399 e. The van der Waals surface area contributed by atoms with Crippen molar-refractivity contribution in [2.75, 3.05) is 11.5 Å². The number of rotatable bonds is 0. The van der Waals surface area contributed by atoms with E-state index in [1.165, 1.54) is 0 Å². The summed E-state index contributed by atoms with van der Waals surface area (Å²) in [5, 5.41) is 1.89. The van der Waals surface area contributed by atoms with Gasteiger partial charge in [-0.05, 0) is 23.6 Å². The fraction of sp³-hybridized carbons (Fsp3) is 0. The molecule has 0 radical (unpaired) electrons. The lowest BCUT2D eigenvalue weighted by atomic mass is 10.0. The molecule has 14 heavy (non-hydrogen) atoms. The zero-order chi connectivity index (χ0) is 10.1. The molecule has 2 heteroatoms. The predicted molar refractivity (Wildman–Crippen MR) is 60.7 cm³/mol. The van der Waals surface area contributed by atoms with Crippen LogP contribution in [-0.4, -0.2) is 0 Å². The van der Waals surface area contributed by atoms with Crippen molar-refractivity contribution >= 4 is 22.1 Å². The van der Waals surface area contributed by atoms with Crippen LogP contribution in [0.2, 0.25) is 0 Å². The first-order chi connectivity index (χ1) is 6.72. The van der Waals surface area contributed by atoms with Gasteiger partial charge in [-0.15, -0.1) is 6.42 Å². The van der Waals surface area contributed by atoms with Gasteiger partial charge < -0.3 is 11.5 Å². The maximum Gasteiger partial charge on any atom is 0.0427 e. The molecule has 2 rings (SSSR count). The molecule has 0 fully saturated rings. The molecule has 68 valence electrons. The number of hydrogen-bond donors (Lipinski definition) is 2. The van der Waals surface area contributed by atoms with Gasteiger partial charge in [-0.3, -0.25) is 0 Å². The molecule has 2 aromatic carbocycles. The maximum absolute atomic E-state index is 5.86. The highest BCUT2D eigenvalue weighted by Gasteiger charge is 2.03. The molecule has 0 unspecified atom stereocenters. The summed E-state index contributed by atoms with van der Waals surface area (Å²) in [6, 6.07) is 9.31. The molecular weight excluding hydrogens is 172 g/mol. The summed E-state index contributed by atoms with van der Waals surface area (Å²) in [5.41, 5.74) is 13.6. The zero-order valence-corrected chi connectivity index (χ0v) is 7.62. The molecule has 0 saturated carbocycles. The molecule has 2 aromatic rings. The minimum Gasteiger partial charge on any atom is -0.399 e. The van der Waals surface area contributed by atoms with Gasteiger partial charge in [-0.1, -0.05) is 18.1 Å². The first-order valence-corrected chi connectivity index (χ1v) is 4.26. The number of fused-ring (bicyclic) bond motifs is 1. The fourth-order valence-electron chi connectivity index (χ4n) is 1.61. The van der Waals surface area contributed by atoms with Crippen molar-refractivity contribution < 1.29 is 0 Å². The van der Waals surface area contributed by atoms with E-state index in [0.717, 1.165) is 16.3 Å². The van der Waals surface area contributed by atoms with Gasteiger partial charge >= 0.3 is 0 Å². The zero-order valence-electron chi connectivity index (χ0n) is 7.62. The summed E-state index contributed by atoms with van der Waals surface area (Å²) >= 11 is 0. The van der Waals surface area contributed by atoms with Crippen LogP contribution < -0.4 is 11.5 Å². The predicted octanol–water partition coefficient (Wildman–Crippen LogP) is 1.99. The second-order valence-electron chi connectivity index (χ2n) is 3.16. The second kappa shape index (κ2) is 2.97. The molecule has 0 amide bonds. The molecule has 0 saturated heterocycles. The molecule has 0 bridgehead atoms. The van der Waals surface area contributed by atoms with E-state index in [4.69, 9.17) is 17.9 Å². The number of benzene rings is 2. The Morgan fingerprint density at radius 2 is 1.93 bits per heavy atom. The van der Waals surface area contributed by atoms with Crippen molar-refractivity contribution in [3.05, 3.63) is 35.9 Å². The summed E-state index contributed by atoms with van der Waals surface area (Å²) in [7, 11) is 0. The fourth-order valence-corrected chi connectivity index (χ4v) is 1.61. The summed E-state index contributed by atoms with van der Waals surface area (Å²) < 4.78 is 0. The normalized spacial score (nSPS) is 9.93. The smallest absolute Gasteiger partial charge is 0.0427 e. The highest BCUT2D eigenvalue weighted by Crippen LogP contribution is 2.27. The van der Waals surface area contributed by atoms with Gasteiger partial charge in [0.1, 0.15) is 0 Å². The third-order valence-corrected chi connectivity index (χ3v) is 2.19. The minimum absolute atomic E-state index is 0.633. The number of hydrogen-bond acceptors (Lipinski definition) is 2. The summed E-state index contributed by atoms with van der Waals surface area (Å²) in [6.07, 6.45) is 5.39. The molecule has 0 atom stereocenters. The van der Waals surface area contributed by atoms with Crippen LogP contribution in [0.25, 0.3) is 10.8 Å². The van der Waals surface area contributed by atoms with Crippen molar-refractivity contribution in [1.29, 1.82) is 0 Å². The van der Waals surface area contributed by atoms with E-state index in [2.05, 4.69) is 5.92 Å². The topological polar surface area (TPSA) is 52.0 Å². The summed E-state index contributed by atoms with van der Waals surface area (Å²) in [4.78, 5) is 0. The SMILES string of the molecule is C#Cc1cccc2cc(N)cc(N)c12. The number of anilines is 2. The minimum atomic E-state index is 0.633. The van der Waals surface area contributed by atoms with Crippen molar-refractivity contribution in [2.45, 2.75) is 0 Å². The Labute approximate surface area is 82.5 Å². The van der Waals surface area contributed by atoms with Crippen LogP contribution in [-0.2, 0) is 0 Å². The van der Waals surface area contributed by atoms with Gasteiger partial charge in [-0.2, -0.15) is 0 Å². The van der Waals surface area contributed by atoms with Crippen LogP contribution in [0.5, 0.6) is 0 Å². The molecule has 0 aliphatic rings. The Bertz CT molecular complexity index is 536. The lowest BCUT2D eigenvalue weighted by molar-refractivity contribution is 1.68. The lowest BCUT2D eigenvalue weighted by Crippen LogP contribution is -1.93. The number of terminal acetylenes is 1. The van der Waals surface area contributed by atoms with E-state index in [-0.39, 0.29) is 0 Å². The standard InChI is InChI=1S/C12H10N2/c1-2-8-4-3-5-9-6-10(13)7-11(14)12(8)9/h1,3-7H,13-14H2. The van der Waals surface area contributed by atoms with Gasteiger partial charge in [0.15, 0.2) is 0 Å². The Balaban J connectivity index is 2.96. The first-order valence-electron chi connectivity index (χ1n) is 4.26. The van der Waals surface area contributed by atoms with Crippen molar-refractivity contribution in [3.63, 3.8) is 0 Å². The van der Waals surface area contributed by atoms with E-state index in [1.807, 2.05) is 24.3 Å². The third kappa shape index (κ3) is 1.16. The van der Waals surface area contributed by atoms with Crippen LogP contribution in [0.3, 0.4) is 0 Å². The van der Waals surface area contributed by atoms with Crippen LogP contribution in [0.4, 0.5) is 11.4 Å². The van der Waals surface area contributed by atoms with Gasteiger partial charge in [0, 0.05) is 22.3 Å². The van der Waals surface area contributed by atoms with Gasteiger partial charge in [-0.25, -0.2) is 0 Å². The Morgan fingerprint density at radius 1 is 1.14 bits per heavy atom. The monoisotopic (exact) mass is 182 g/mol. The number of nitrogens with two attached hydrogens (primary N) is 2. The van der Waals surface area contributed by atoms with Crippen LogP contribution in [0, 0.1) is 12.3 Å². The molecule has 0 aliphatic carbocycles. The molecule has 0 aromatic heterocycles. The molecule has 4 N–H and O–H groups in total. The third-order valence-electron chi connectivity index (χ3n) is 2.19. The average molecular weight is 182 g/mol. The Morgan fingerprint density at radius 3 is 2.64 bits per heavy atom. The average Bonchev–Trinajstić information content (AvgIpc) is 2.16. The van der Waals surface area contributed by atoms with Crippen LogP contribution in [0.15, 0.2) is 30.3 Å². The highest BCUT2D eigenvalue weighted by molar-refractivity contribution is 5.99.